The van der Waals surface area contributed by atoms with Gasteiger partial charge in [-0.05, 0) is 31.5 Å². The van der Waals surface area contributed by atoms with Crippen molar-refractivity contribution < 1.29 is 9.50 Å². The van der Waals surface area contributed by atoms with Crippen LogP contribution in [0, 0.1) is 5.82 Å². The number of aromatic hydroxyl groups is 1. The van der Waals surface area contributed by atoms with E-state index in [9.17, 15) is 9.50 Å². The summed E-state index contributed by atoms with van der Waals surface area (Å²) in [5.41, 5.74) is 0.423. The highest BCUT2D eigenvalue weighted by molar-refractivity contribution is 5.36. The van der Waals surface area contributed by atoms with Crippen molar-refractivity contribution in [1.82, 2.24) is 5.32 Å². The molecule has 0 aromatic heterocycles. The molecular formula is C11H14FNO. The lowest BCUT2D eigenvalue weighted by Crippen LogP contribution is -2.27. The largest absolute Gasteiger partial charge is 0.508 e. The molecule has 1 aliphatic heterocycles. The highest BCUT2D eigenvalue weighted by atomic mass is 19.1. The van der Waals surface area contributed by atoms with Gasteiger partial charge >= 0.3 is 0 Å². The number of hydrogen-bond acceptors (Lipinski definition) is 2. The van der Waals surface area contributed by atoms with Crippen LogP contribution in [0.25, 0.3) is 0 Å². The average Bonchev–Trinajstić information content (AvgIpc) is 2.19. The summed E-state index contributed by atoms with van der Waals surface area (Å²) in [6, 6.07) is 4.43. The number of halogens is 1. The lowest BCUT2D eigenvalue weighted by atomic mass is 9.96. The van der Waals surface area contributed by atoms with Crippen LogP contribution in [-0.4, -0.2) is 11.7 Å². The van der Waals surface area contributed by atoms with E-state index in [0.717, 1.165) is 25.8 Å². The number of hydrogen-bond donors (Lipinski definition) is 2. The molecule has 2 N–H and O–H groups in total. The maximum atomic E-state index is 13.4. The molecule has 0 unspecified atom stereocenters. The smallest absolute Gasteiger partial charge is 0.131 e. The number of phenols is 1. The SMILES string of the molecule is Oc1cccc(F)c1[C@H]1CCCCN1. The number of phenolic OH excluding ortho intramolecular Hbond substituents is 1. The molecule has 1 atom stereocenters. The van der Waals surface area contributed by atoms with Crippen molar-refractivity contribution in [2.45, 2.75) is 25.3 Å². The van der Waals surface area contributed by atoms with E-state index in [2.05, 4.69) is 5.32 Å². The molecule has 0 spiro atoms. The van der Waals surface area contributed by atoms with Gasteiger partial charge in [-0.25, -0.2) is 4.39 Å². The Morgan fingerprint density at radius 1 is 1.36 bits per heavy atom. The van der Waals surface area contributed by atoms with Gasteiger partial charge in [0.15, 0.2) is 0 Å². The standard InChI is InChI=1S/C11H14FNO/c12-8-4-3-6-10(14)11(8)9-5-1-2-7-13-9/h3-4,6,9,13-14H,1-2,5,7H2/t9-/m1/s1. The van der Waals surface area contributed by atoms with Gasteiger partial charge in [-0.2, -0.15) is 0 Å². The zero-order valence-corrected chi connectivity index (χ0v) is 7.96. The molecule has 0 bridgehead atoms. The fourth-order valence-corrected chi connectivity index (χ4v) is 1.97. The Bertz CT molecular complexity index is 301. The van der Waals surface area contributed by atoms with Gasteiger partial charge in [-0.1, -0.05) is 12.5 Å². The van der Waals surface area contributed by atoms with Gasteiger partial charge in [0, 0.05) is 11.6 Å². The minimum absolute atomic E-state index is 0.0232. The second kappa shape index (κ2) is 3.96. The maximum absolute atomic E-state index is 13.4. The Morgan fingerprint density at radius 2 is 2.21 bits per heavy atom. The van der Waals surface area contributed by atoms with Gasteiger partial charge in [0.1, 0.15) is 11.6 Å². The molecule has 0 amide bonds. The second-order valence-electron chi connectivity index (χ2n) is 3.68. The second-order valence-corrected chi connectivity index (χ2v) is 3.68. The van der Waals surface area contributed by atoms with E-state index in [4.69, 9.17) is 0 Å². The molecule has 2 rings (SSSR count). The Balaban J connectivity index is 2.29. The lowest BCUT2D eigenvalue weighted by molar-refractivity contribution is 0.377. The fraction of sp³-hybridized carbons (Fsp3) is 0.455. The number of piperidine rings is 1. The van der Waals surface area contributed by atoms with Crippen molar-refractivity contribution in [3.05, 3.63) is 29.6 Å². The first-order chi connectivity index (χ1) is 6.79. The molecule has 0 saturated carbocycles. The molecular weight excluding hydrogens is 181 g/mol. The van der Waals surface area contributed by atoms with Crippen molar-refractivity contribution in [2.75, 3.05) is 6.54 Å². The predicted molar refractivity (Wildman–Crippen MR) is 52.7 cm³/mol. The van der Waals surface area contributed by atoms with E-state index in [1.165, 1.54) is 18.2 Å². The van der Waals surface area contributed by atoms with E-state index >= 15 is 0 Å². The molecule has 1 aromatic carbocycles. The van der Waals surface area contributed by atoms with Crippen LogP contribution in [0.5, 0.6) is 5.75 Å². The molecule has 3 heteroatoms. The van der Waals surface area contributed by atoms with Crippen LogP contribution in [0.2, 0.25) is 0 Å². The molecule has 1 fully saturated rings. The number of benzene rings is 1. The van der Waals surface area contributed by atoms with Gasteiger partial charge < -0.3 is 10.4 Å². The summed E-state index contributed by atoms with van der Waals surface area (Å²) in [4.78, 5) is 0. The van der Waals surface area contributed by atoms with Crippen molar-refractivity contribution in [3.63, 3.8) is 0 Å². The van der Waals surface area contributed by atoms with E-state index < -0.39 is 0 Å². The molecule has 14 heavy (non-hydrogen) atoms. The first-order valence-electron chi connectivity index (χ1n) is 5.00. The molecule has 0 aliphatic carbocycles. The number of rotatable bonds is 1. The van der Waals surface area contributed by atoms with E-state index in [0.29, 0.717) is 5.56 Å². The zero-order valence-electron chi connectivity index (χ0n) is 7.96. The van der Waals surface area contributed by atoms with Gasteiger partial charge in [0.2, 0.25) is 0 Å². The fourth-order valence-electron chi connectivity index (χ4n) is 1.97. The van der Waals surface area contributed by atoms with Crippen LogP contribution in [0.15, 0.2) is 18.2 Å². The van der Waals surface area contributed by atoms with Crippen LogP contribution in [0.3, 0.4) is 0 Å². The van der Waals surface area contributed by atoms with Crippen LogP contribution in [0.1, 0.15) is 30.9 Å². The third-order valence-electron chi connectivity index (χ3n) is 2.69. The Morgan fingerprint density at radius 3 is 2.86 bits per heavy atom. The van der Waals surface area contributed by atoms with Crippen molar-refractivity contribution >= 4 is 0 Å². The summed E-state index contributed by atoms with van der Waals surface area (Å²) in [5.74, 6) is -0.256. The Labute approximate surface area is 82.8 Å². The first-order valence-corrected chi connectivity index (χ1v) is 5.00. The summed E-state index contributed by atoms with van der Waals surface area (Å²) in [6.45, 7) is 0.901. The van der Waals surface area contributed by atoms with Crippen LogP contribution in [0.4, 0.5) is 4.39 Å². The molecule has 1 heterocycles. The van der Waals surface area contributed by atoms with Gasteiger partial charge in [-0.3, -0.25) is 0 Å². The normalized spacial score (nSPS) is 22.2. The first kappa shape index (κ1) is 9.46. The Kier molecular flexibility index (Phi) is 2.68. The van der Waals surface area contributed by atoms with Gasteiger partial charge in [-0.15, -0.1) is 0 Å². The van der Waals surface area contributed by atoms with Crippen LogP contribution in [-0.2, 0) is 0 Å². The quantitative estimate of drug-likeness (QED) is 0.721. The lowest BCUT2D eigenvalue weighted by Gasteiger charge is -2.24. The minimum atomic E-state index is -0.315. The maximum Gasteiger partial charge on any atom is 0.131 e. The van der Waals surface area contributed by atoms with Crippen LogP contribution < -0.4 is 5.32 Å². The van der Waals surface area contributed by atoms with E-state index in [1.807, 2.05) is 0 Å². The van der Waals surface area contributed by atoms with Gasteiger partial charge in [0.05, 0.1) is 0 Å². The summed E-state index contributed by atoms with van der Waals surface area (Å²) in [6.07, 6.45) is 3.12. The molecule has 1 aromatic rings. The number of nitrogens with one attached hydrogen (secondary N) is 1. The van der Waals surface area contributed by atoms with Crippen molar-refractivity contribution in [1.29, 1.82) is 0 Å². The van der Waals surface area contributed by atoms with E-state index in [-0.39, 0.29) is 17.6 Å². The summed E-state index contributed by atoms with van der Waals surface area (Å²) < 4.78 is 13.4. The van der Waals surface area contributed by atoms with Crippen molar-refractivity contribution in [2.24, 2.45) is 0 Å². The monoisotopic (exact) mass is 195 g/mol. The van der Waals surface area contributed by atoms with Crippen molar-refractivity contribution in [3.8, 4) is 5.75 Å². The van der Waals surface area contributed by atoms with E-state index in [1.54, 1.807) is 0 Å². The summed E-state index contributed by atoms with van der Waals surface area (Å²) in [5, 5.41) is 12.8. The average molecular weight is 195 g/mol. The summed E-state index contributed by atoms with van der Waals surface area (Å²) >= 11 is 0. The highest BCUT2D eigenvalue weighted by Crippen LogP contribution is 2.31. The summed E-state index contributed by atoms with van der Waals surface area (Å²) in [7, 11) is 0. The molecule has 1 saturated heterocycles. The third kappa shape index (κ3) is 1.73. The third-order valence-corrected chi connectivity index (χ3v) is 2.69. The molecule has 76 valence electrons. The molecule has 2 nitrogen and oxygen atoms in total. The van der Waals surface area contributed by atoms with Crippen LogP contribution >= 0.6 is 0 Å². The Hall–Kier alpha value is -1.09. The van der Waals surface area contributed by atoms with Gasteiger partial charge in [0.25, 0.3) is 0 Å². The topological polar surface area (TPSA) is 32.3 Å². The molecule has 0 radical (unpaired) electrons. The molecule has 1 aliphatic rings. The predicted octanol–water partition coefficient (Wildman–Crippen LogP) is 2.35. The zero-order chi connectivity index (χ0) is 9.97. The minimum Gasteiger partial charge on any atom is -0.508 e. The highest BCUT2D eigenvalue weighted by Gasteiger charge is 2.20.